The number of hydrogen-bond acceptors (Lipinski definition) is 3. The molecule has 1 atom stereocenters. The molecule has 5 nitrogen and oxygen atoms in total. The Morgan fingerprint density at radius 2 is 2.26 bits per heavy atom. The van der Waals surface area contributed by atoms with Crippen LogP contribution < -0.4 is 11.1 Å². The first kappa shape index (κ1) is 15.7. The number of nitrogens with zero attached hydrogens (tertiary/aromatic N) is 2. The summed E-state index contributed by atoms with van der Waals surface area (Å²) in [6.07, 6.45) is 6.45. The number of primary amides is 1. The number of carbonyl (C=O) groups excluding carboxylic acids is 1. The van der Waals surface area contributed by atoms with Crippen molar-refractivity contribution in [2.75, 3.05) is 0 Å². The van der Waals surface area contributed by atoms with Gasteiger partial charge >= 0.3 is 0 Å². The molecule has 3 N–H and O–H groups in total. The summed E-state index contributed by atoms with van der Waals surface area (Å²) < 4.78 is 2.10. The molecular formula is C14H26N4O. The van der Waals surface area contributed by atoms with Crippen molar-refractivity contribution in [3.8, 4) is 0 Å². The monoisotopic (exact) mass is 266 g/mol. The normalized spacial score (nSPS) is 14.6. The highest BCUT2D eigenvalue weighted by atomic mass is 16.1. The van der Waals surface area contributed by atoms with E-state index in [9.17, 15) is 4.79 Å². The SMILES string of the molecule is CCCc1nccn1CCC(C)(NC(C)C)C(N)=O. The van der Waals surface area contributed by atoms with E-state index in [4.69, 9.17) is 5.73 Å². The fraction of sp³-hybridized carbons (Fsp3) is 0.714. The number of aromatic nitrogens is 2. The first-order chi connectivity index (χ1) is 8.89. The Kier molecular flexibility index (Phi) is 5.54. The van der Waals surface area contributed by atoms with Crippen molar-refractivity contribution < 1.29 is 4.79 Å². The molecule has 0 radical (unpaired) electrons. The first-order valence-electron chi connectivity index (χ1n) is 6.96. The molecule has 1 amide bonds. The Balaban J connectivity index is 2.71. The predicted octanol–water partition coefficient (Wildman–Crippen LogP) is 1.47. The van der Waals surface area contributed by atoms with Crippen LogP contribution >= 0.6 is 0 Å². The molecule has 1 aromatic rings. The molecule has 1 unspecified atom stereocenters. The molecule has 0 saturated heterocycles. The highest BCUT2D eigenvalue weighted by Gasteiger charge is 2.31. The summed E-state index contributed by atoms with van der Waals surface area (Å²) in [5, 5.41) is 3.26. The van der Waals surface area contributed by atoms with E-state index in [1.54, 1.807) is 0 Å². The number of amides is 1. The van der Waals surface area contributed by atoms with Gasteiger partial charge in [-0.1, -0.05) is 6.92 Å². The van der Waals surface area contributed by atoms with Crippen LogP contribution in [0.2, 0.25) is 0 Å². The van der Waals surface area contributed by atoms with Crippen LogP contribution in [0.1, 0.15) is 46.4 Å². The van der Waals surface area contributed by atoms with Crippen LogP contribution in [-0.2, 0) is 17.8 Å². The Morgan fingerprint density at radius 1 is 1.58 bits per heavy atom. The zero-order chi connectivity index (χ0) is 14.5. The number of imidazole rings is 1. The lowest BCUT2D eigenvalue weighted by Crippen LogP contribution is -2.55. The lowest BCUT2D eigenvalue weighted by atomic mass is 9.95. The first-order valence-corrected chi connectivity index (χ1v) is 6.96. The summed E-state index contributed by atoms with van der Waals surface area (Å²) in [5.41, 5.74) is 4.85. The van der Waals surface area contributed by atoms with Crippen LogP contribution in [0.4, 0.5) is 0 Å². The van der Waals surface area contributed by atoms with Crippen molar-refractivity contribution >= 4 is 5.91 Å². The number of nitrogens with two attached hydrogens (primary N) is 1. The Morgan fingerprint density at radius 3 is 2.79 bits per heavy atom. The van der Waals surface area contributed by atoms with Crippen molar-refractivity contribution in [2.24, 2.45) is 5.73 Å². The number of hydrogen-bond donors (Lipinski definition) is 2. The molecule has 1 aromatic heterocycles. The molecule has 1 heterocycles. The highest BCUT2D eigenvalue weighted by Crippen LogP contribution is 2.13. The van der Waals surface area contributed by atoms with Crippen LogP contribution in [0.3, 0.4) is 0 Å². The average molecular weight is 266 g/mol. The van der Waals surface area contributed by atoms with Gasteiger partial charge in [-0.3, -0.25) is 4.79 Å². The van der Waals surface area contributed by atoms with Crippen molar-refractivity contribution in [3.63, 3.8) is 0 Å². The molecule has 1 rings (SSSR count). The van der Waals surface area contributed by atoms with Crippen molar-refractivity contribution in [2.45, 2.75) is 65.1 Å². The van der Waals surface area contributed by atoms with Gasteiger partial charge in [0.15, 0.2) is 0 Å². The summed E-state index contributed by atoms with van der Waals surface area (Å²) in [4.78, 5) is 16.0. The van der Waals surface area contributed by atoms with Gasteiger partial charge in [0.25, 0.3) is 0 Å². The molecule has 5 heteroatoms. The standard InChI is InChI=1S/C14H26N4O/c1-5-6-12-16-8-10-18(12)9-7-14(4,13(15)19)17-11(2)3/h8,10-11,17H,5-7,9H2,1-4H3,(H2,15,19). The summed E-state index contributed by atoms with van der Waals surface area (Å²) in [6, 6.07) is 0.218. The minimum atomic E-state index is -0.679. The van der Waals surface area contributed by atoms with E-state index in [-0.39, 0.29) is 11.9 Å². The van der Waals surface area contributed by atoms with Gasteiger partial charge in [-0.15, -0.1) is 0 Å². The molecule has 108 valence electrons. The molecule has 19 heavy (non-hydrogen) atoms. The number of carbonyl (C=O) groups is 1. The zero-order valence-electron chi connectivity index (χ0n) is 12.4. The van der Waals surface area contributed by atoms with Gasteiger partial charge in [-0.25, -0.2) is 4.98 Å². The summed E-state index contributed by atoms with van der Waals surface area (Å²) in [5.74, 6) is 0.761. The molecule has 0 saturated carbocycles. The van der Waals surface area contributed by atoms with Gasteiger partial charge in [0.2, 0.25) is 5.91 Å². The fourth-order valence-corrected chi connectivity index (χ4v) is 2.24. The molecule has 0 aliphatic rings. The lowest BCUT2D eigenvalue weighted by molar-refractivity contribution is -0.124. The maximum absolute atomic E-state index is 11.7. The molecule has 0 aromatic carbocycles. The van der Waals surface area contributed by atoms with Gasteiger partial charge in [0.1, 0.15) is 5.82 Å². The van der Waals surface area contributed by atoms with Gasteiger partial charge < -0.3 is 15.6 Å². The van der Waals surface area contributed by atoms with E-state index in [0.717, 1.165) is 25.2 Å². The predicted molar refractivity (Wildman–Crippen MR) is 76.7 cm³/mol. The number of aryl methyl sites for hydroxylation is 2. The van der Waals surface area contributed by atoms with E-state index >= 15 is 0 Å². The highest BCUT2D eigenvalue weighted by molar-refractivity contribution is 5.84. The molecule has 0 spiro atoms. The lowest BCUT2D eigenvalue weighted by Gasteiger charge is -2.30. The second-order valence-electron chi connectivity index (χ2n) is 5.53. The van der Waals surface area contributed by atoms with E-state index in [0.29, 0.717) is 6.42 Å². The van der Waals surface area contributed by atoms with Gasteiger partial charge in [-0.2, -0.15) is 0 Å². The summed E-state index contributed by atoms with van der Waals surface area (Å²) >= 11 is 0. The zero-order valence-corrected chi connectivity index (χ0v) is 12.4. The quantitative estimate of drug-likeness (QED) is 0.748. The third-order valence-electron chi connectivity index (χ3n) is 3.28. The van der Waals surface area contributed by atoms with Gasteiger partial charge in [0, 0.05) is 31.4 Å². The molecule has 0 bridgehead atoms. The number of rotatable bonds is 8. The van der Waals surface area contributed by atoms with Crippen molar-refractivity contribution in [1.29, 1.82) is 0 Å². The van der Waals surface area contributed by atoms with Crippen LogP contribution in [0.25, 0.3) is 0 Å². The van der Waals surface area contributed by atoms with Crippen LogP contribution in [0.15, 0.2) is 12.4 Å². The van der Waals surface area contributed by atoms with E-state index in [1.165, 1.54) is 0 Å². The minimum absolute atomic E-state index is 0.218. The maximum atomic E-state index is 11.7. The third kappa shape index (κ3) is 4.35. The summed E-state index contributed by atoms with van der Waals surface area (Å²) in [7, 11) is 0. The maximum Gasteiger partial charge on any atom is 0.237 e. The Labute approximate surface area is 115 Å². The average Bonchev–Trinajstić information content (AvgIpc) is 2.73. The van der Waals surface area contributed by atoms with Crippen LogP contribution in [-0.4, -0.2) is 27.0 Å². The largest absolute Gasteiger partial charge is 0.368 e. The van der Waals surface area contributed by atoms with Crippen LogP contribution in [0.5, 0.6) is 0 Å². The number of nitrogens with one attached hydrogen (secondary N) is 1. The summed E-state index contributed by atoms with van der Waals surface area (Å²) in [6.45, 7) is 8.77. The fourth-order valence-electron chi connectivity index (χ4n) is 2.24. The van der Waals surface area contributed by atoms with E-state index in [2.05, 4.69) is 21.8 Å². The Bertz CT molecular complexity index is 413. The van der Waals surface area contributed by atoms with Crippen LogP contribution in [0, 0.1) is 0 Å². The van der Waals surface area contributed by atoms with Crippen molar-refractivity contribution in [1.82, 2.24) is 14.9 Å². The molecule has 0 aliphatic carbocycles. The third-order valence-corrected chi connectivity index (χ3v) is 3.28. The minimum Gasteiger partial charge on any atom is -0.368 e. The van der Waals surface area contributed by atoms with Gasteiger partial charge in [0.05, 0.1) is 5.54 Å². The van der Waals surface area contributed by atoms with E-state index < -0.39 is 5.54 Å². The Hall–Kier alpha value is -1.36. The molecule has 0 fully saturated rings. The van der Waals surface area contributed by atoms with E-state index in [1.807, 2.05) is 33.2 Å². The second kappa shape index (κ2) is 6.70. The van der Waals surface area contributed by atoms with Crippen molar-refractivity contribution in [3.05, 3.63) is 18.2 Å². The topological polar surface area (TPSA) is 72.9 Å². The van der Waals surface area contributed by atoms with Gasteiger partial charge in [-0.05, 0) is 33.6 Å². The molecular weight excluding hydrogens is 240 g/mol. The molecule has 0 aliphatic heterocycles. The smallest absolute Gasteiger partial charge is 0.237 e. The second-order valence-corrected chi connectivity index (χ2v) is 5.53.